The summed E-state index contributed by atoms with van der Waals surface area (Å²) < 4.78 is 0. The Morgan fingerprint density at radius 3 is 2.36 bits per heavy atom. The van der Waals surface area contributed by atoms with E-state index in [9.17, 15) is 10.2 Å². The zero-order valence-corrected chi connectivity index (χ0v) is 7.74. The first-order valence-electron chi connectivity index (χ1n) is 4.60. The van der Waals surface area contributed by atoms with Crippen LogP contribution in [0.3, 0.4) is 0 Å². The third kappa shape index (κ3) is 2.06. The molecular formula is C9H13N3O2. The minimum Gasteiger partial charge on any atom is -0.389 e. The Morgan fingerprint density at radius 2 is 1.79 bits per heavy atom. The Labute approximate surface area is 82.0 Å². The van der Waals surface area contributed by atoms with Crippen LogP contribution >= 0.6 is 0 Å². The maximum atomic E-state index is 9.31. The molecule has 5 nitrogen and oxygen atoms in total. The quantitative estimate of drug-likeness (QED) is 0.634. The molecule has 5 heteroatoms. The van der Waals surface area contributed by atoms with Gasteiger partial charge in [-0.25, -0.2) is 9.97 Å². The Balaban J connectivity index is 1.94. The van der Waals surface area contributed by atoms with Gasteiger partial charge in [-0.15, -0.1) is 0 Å². The molecule has 2 rings (SSSR count). The highest BCUT2D eigenvalue weighted by atomic mass is 16.3. The number of rotatable bonds is 2. The van der Waals surface area contributed by atoms with Crippen LogP contribution in [0.5, 0.6) is 0 Å². The summed E-state index contributed by atoms with van der Waals surface area (Å²) in [6, 6.07) is 1.76. The molecule has 1 fully saturated rings. The van der Waals surface area contributed by atoms with Gasteiger partial charge >= 0.3 is 0 Å². The molecule has 0 radical (unpaired) electrons. The van der Waals surface area contributed by atoms with Crippen molar-refractivity contribution in [3.05, 3.63) is 24.3 Å². The van der Waals surface area contributed by atoms with E-state index in [1.165, 1.54) is 0 Å². The molecule has 1 aliphatic rings. The largest absolute Gasteiger partial charge is 0.389 e. The van der Waals surface area contributed by atoms with Gasteiger partial charge in [-0.1, -0.05) is 0 Å². The molecule has 0 spiro atoms. The molecule has 14 heavy (non-hydrogen) atoms. The summed E-state index contributed by atoms with van der Waals surface area (Å²) >= 11 is 0. The fraction of sp³-hybridized carbons (Fsp3) is 0.556. The predicted molar refractivity (Wildman–Crippen MR) is 49.3 cm³/mol. The second-order valence-electron chi connectivity index (χ2n) is 3.49. The van der Waals surface area contributed by atoms with Crippen molar-refractivity contribution >= 4 is 0 Å². The van der Waals surface area contributed by atoms with Crippen molar-refractivity contribution in [2.45, 2.75) is 18.8 Å². The summed E-state index contributed by atoms with van der Waals surface area (Å²) in [5, 5.41) is 18.6. The second-order valence-corrected chi connectivity index (χ2v) is 3.49. The van der Waals surface area contributed by atoms with Gasteiger partial charge in [0, 0.05) is 25.5 Å². The number of β-amino-alcohol motifs (C(OH)–C–C–N with tert-alkyl or cyclic N) is 2. The van der Waals surface area contributed by atoms with E-state index in [2.05, 4.69) is 9.97 Å². The maximum Gasteiger partial charge on any atom is 0.142 e. The lowest BCUT2D eigenvalue weighted by Crippen LogP contribution is -2.22. The van der Waals surface area contributed by atoms with Crippen molar-refractivity contribution < 1.29 is 10.2 Å². The summed E-state index contributed by atoms with van der Waals surface area (Å²) in [5.74, 6) is 0.716. The molecule has 2 atom stereocenters. The van der Waals surface area contributed by atoms with Crippen molar-refractivity contribution in [2.24, 2.45) is 0 Å². The molecule has 2 N–H and O–H groups in total. The van der Waals surface area contributed by atoms with Crippen molar-refractivity contribution in [1.29, 1.82) is 0 Å². The molecule has 0 bridgehead atoms. The summed E-state index contributed by atoms with van der Waals surface area (Å²) in [7, 11) is 0. The maximum absolute atomic E-state index is 9.31. The SMILES string of the molecule is OC1CN(Cc2ncccn2)CC1O. The van der Waals surface area contributed by atoms with E-state index in [0.717, 1.165) is 0 Å². The minimum atomic E-state index is -0.640. The normalized spacial score (nSPS) is 28.1. The Bertz CT molecular complexity index is 283. The fourth-order valence-corrected chi connectivity index (χ4v) is 1.59. The van der Waals surface area contributed by atoms with Crippen LogP contribution in [0, 0.1) is 0 Å². The average Bonchev–Trinajstić information content (AvgIpc) is 2.47. The van der Waals surface area contributed by atoms with Crippen molar-refractivity contribution in [2.75, 3.05) is 13.1 Å². The highest BCUT2D eigenvalue weighted by Gasteiger charge is 2.29. The molecule has 1 aromatic rings. The molecule has 1 saturated heterocycles. The standard InChI is InChI=1S/C9H13N3O2/c13-7-4-12(5-8(7)14)6-9-10-2-1-3-11-9/h1-3,7-8,13-14H,4-6H2. The number of aliphatic hydroxyl groups is 2. The van der Waals surface area contributed by atoms with E-state index in [1.54, 1.807) is 18.5 Å². The van der Waals surface area contributed by atoms with Gasteiger partial charge in [-0.05, 0) is 6.07 Å². The predicted octanol–water partition coefficient (Wildman–Crippen LogP) is -0.986. The van der Waals surface area contributed by atoms with Gasteiger partial charge in [0.25, 0.3) is 0 Å². The Kier molecular flexibility index (Phi) is 2.72. The number of hydrogen-bond donors (Lipinski definition) is 2. The number of likely N-dealkylation sites (tertiary alicyclic amines) is 1. The van der Waals surface area contributed by atoms with Crippen molar-refractivity contribution in [1.82, 2.24) is 14.9 Å². The lowest BCUT2D eigenvalue weighted by molar-refractivity contribution is 0.0572. The van der Waals surface area contributed by atoms with Crippen LogP contribution in [0.2, 0.25) is 0 Å². The van der Waals surface area contributed by atoms with Crippen molar-refractivity contribution in [3.8, 4) is 0 Å². The molecular weight excluding hydrogens is 182 g/mol. The summed E-state index contributed by atoms with van der Waals surface area (Å²) in [5.41, 5.74) is 0. The van der Waals surface area contributed by atoms with Crippen molar-refractivity contribution in [3.63, 3.8) is 0 Å². The first kappa shape index (κ1) is 9.51. The zero-order chi connectivity index (χ0) is 9.97. The highest BCUT2D eigenvalue weighted by molar-refractivity contribution is 4.91. The van der Waals surface area contributed by atoms with E-state index in [4.69, 9.17) is 0 Å². The number of nitrogens with zero attached hydrogens (tertiary/aromatic N) is 3. The van der Waals surface area contributed by atoms with Gasteiger partial charge in [-0.3, -0.25) is 4.90 Å². The van der Waals surface area contributed by atoms with E-state index >= 15 is 0 Å². The van der Waals surface area contributed by atoms with Crippen LogP contribution in [-0.2, 0) is 6.54 Å². The van der Waals surface area contributed by atoms with Gasteiger partial charge in [0.2, 0.25) is 0 Å². The third-order valence-corrected chi connectivity index (χ3v) is 2.32. The molecule has 76 valence electrons. The van der Waals surface area contributed by atoms with Gasteiger partial charge in [0.15, 0.2) is 0 Å². The first-order valence-corrected chi connectivity index (χ1v) is 4.60. The lowest BCUT2D eigenvalue weighted by atomic mass is 10.3. The third-order valence-electron chi connectivity index (χ3n) is 2.32. The molecule has 2 unspecified atom stereocenters. The van der Waals surface area contributed by atoms with Gasteiger partial charge in [0.1, 0.15) is 5.82 Å². The average molecular weight is 195 g/mol. The van der Waals surface area contributed by atoms with E-state index < -0.39 is 12.2 Å². The topological polar surface area (TPSA) is 69.5 Å². The molecule has 0 aliphatic carbocycles. The zero-order valence-electron chi connectivity index (χ0n) is 7.74. The molecule has 0 aromatic carbocycles. The smallest absolute Gasteiger partial charge is 0.142 e. The lowest BCUT2D eigenvalue weighted by Gasteiger charge is -2.12. The van der Waals surface area contributed by atoms with Crippen LogP contribution < -0.4 is 0 Å². The summed E-state index contributed by atoms with van der Waals surface area (Å²) in [6.45, 7) is 1.55. The molecule has 1 aromatic heterocycles. The molecule has 1 aliphatic heterocycles. The van der Waals surface area contributed by atoms with E-state index in [-0.39, 0.29) is 0 Å². The van der Waals surface area contributed by atoms with Crippen LogP contribution in [0.1, 0.15) is 5.82 Å². The monoisotopic (exact) mass is 195 g/mol. The van der Waals surface area contributed by atoms with Crippen LogP contribution in [0.25, 0.3) is 0 Å². The van der Waals surface area contributed by atoms with Gasteiger partial charge < -0.3 is 10.2 Å². The molecule has 0 amide bonds. The van der Waals surface area contributed by atoms with Crippen LogP contribution in [0.4, 0.5) is 0 Å². The Morgan fingerprint density at radius 1 is 1.21 bits per heavy atom. The summed E-state index contributed by atoms with van der Waals surface area (Å²) in [6.07, 6.45) is 2.09. The minimum absolute atomic E-state index is 0.486. The second kappa shape index (κ2) is 4.00. The molecule has 0 saturated carbocycles. The first-order chi connectivity index (χ1) is 6.75. The molecule has 2 heterocycles. The van der Waals surface area contributed by atoms with Gasteiger partial charge in [0.05, 0.1) is 18.8 Å². The number of aromatic nitrogens is 2. The van der Waals surface area contributed by atoms with Gasteiger partial charge in [-0.2, -0.15) is 0 Å². The Hall–Kier alpha value is -1.04. The number of aliphatic hydroxyl groups excluding tert-OH is 2. The summed E-state index contributed by atoms with van der Waals surface area (Å²) in [4.78, 5) is 10.1. The van der Waals surface area contributed by atoms with Crippen LogP contribution in [0.15, 0.2) is 18.5 Å². The van der Waals surface area contributed by atoms with E-state index in [1.807, 2.05) is 4.90 Å². The van der Waals surface area contributed by atoms with E-state index in [0.29, 0.717) is 25.5 Å². The van der Waals surface area contributed by atoms with Crippen LogP contribution in [-0.4, -0.2) is 50.4 Å². The fourth-order valence-electron chi connectivity index (χ4n) is 1.59. The number of hydrogen-bond acceptors (Lipinski definition) is 5. The highest BCUT2D eigenvalue weighted by Crippen LogP contribution is 2.11.